The summed E-state index contributed by atoms with van der Waals surface area (Å²) in [6.45, 7) is 2.65. The molecule has 0 saturated heterocycles. The minimum Gasteiger partial charge on any atom is -0.313 e. The van der Waals surface area contributed by atoms with Crippen LogP contribution in [0.2, 0.25) is 0 Å². The fourth-order valence-corrected chi connectivity index (χ4v) is 4.30. The van der Waals surface area contributed by atoms with Gasteiger partial charge < -0.3 is 10.2 Å². The maximum Gasteiger partial charge on any atom is 0.227 e. The second kappa shape index (κ2) is 10.0. The standard InChI is InChI=1S/C24H28N2O2.ClH/c27-22(9-5-2-6-13-25-17-18-7-3-1-4-8-18)21-15-19-10-11-23(28)26-14-12-20(16-21)24(19)26;/h1,3-4,7-8,15-16,25H,2,5-6,9-14,17H2;1H. The van der Waals surface area contributed by atoms with Crippen molar-refractivity contribution < 1.29 is 9.59 Å². The third-order valence-corrected chi connectivity index (χ3v) is 5.80. The normalized spacial score (nSPS) is 14.5. The Kier molecular flexibility index (Phi) is 7.45. The first-order chi connectivity index (χ1) is 13.7. The number of carbonyl (C=O) groups excluding carboxylic acids is 2. The molecule has 0 unspecified atom stereocenters. The molecule has 0 atom stereocenters. The SMILES string of the molecule is Cl.O=C(CCCCCNCc1ccccc1)c1cc2c3c(c1)CCN3C(=O)CC2. The second-order valence-electron chi connectivity index (χ2n) is 7.83. The van der Waals surface area contributed by atoms with Crippen molar-refractivity contribution in [2.45, 2.75) is 51.5 Å². The molecule has 29 heavy (non-hydrogen) atoms. The van der Waals surface area contributed by atoms with Crippen molar-refractivity contribution in [2.75, 3.05) is 18.0 Å². The number of anilines is 1. The molecule has 0 aromatic heterocycles. The number of Topliss-reactive ketones (excluding diaryl/α,β-unsaturated/α-hetero) is 1. The molecule has 0 saturated carbocycles. The van der Waals surface area contributed by atoms with E-state index in [-0.39, 0.29) is 24.1 Å². The molecule has 0 spiro atoms. The number of aryl methyl sites for hydroxylation is 1. The number of amides is 1. The number of nitrogens with one attached hydrogen (secondary N) is 1. The Morgan fingerprint density at radius 1 is 0.966 bits per heavy atom. The molecule has 0 fully saturated rings. The van der Waals surface area contributed by atoms with Gasteiger partial charge in [-0.05, 0) is 61.1 Å². The maximum absolute atomic E-state index is 12.7. The molecule has 0 aliphatic carbocycles. The van der Waals surface area contributed by atoms with Gasteiger partial charge in [-0.15, -0.1) is 12.4 Å². The van der Waals surface area contributed by atoms with Crippen molar-refractivity contribution in [3.05, 3.63) is 64.7 Å². The predicted molar refractivity (Wildman–Crippen MR) is 119 cm³/mol. The minimum atomic E-state index is 0. The van der Waals surface area contributed by atoms with E-state index < -0.39 is 0 Å². The lowest BCUT2D eigenvalue weighted by atomic mass is 9.94. The van der Waals surface area contributed by atoms with Crippen LogP contribution in [0.15, 0.2) is 42.5 Å². The van der Waals surface area contributed by atoms with Gasteiger partial charge in [0, 0.05) is 31.5 Å². The van der Waals surface area contributed by atoms with E-state index >= 15 is 0 Å². The van der Waals surface area contributed by atoms with Crippen molar-refractivity contribution in [2.24, 2.45) is 0 Å². The highest BCUT2D eigenvalue weighted by molar-refractivity contribution is 6.02. The quantitative estimate of drug-likeness (QED) is 0.488. The summed E-state index contributed by atoms with van der Waals surface area (Å²) in [7, 11) is 0. The summed E-state index contributed by atoms with van der Waals surface area (Å²) in [5.74, 6) is 0.470. The van der Waals surface area contributed by atoms with Crippen molar-refractivity contribution in [3.8, 4) is 0 Å². The molecular formula is C24H29ClN2O2. The fraction of sp³-hybridized carbons (Fsp3) is 0.417. The monoisotopic (exact) mass is 412 g/mol. The molecule has 1 amide bonds. The van der Waals surface area contributed by atoms with Crippen LogP contribution in [-0.2, 0) is 24.2 Å². The van der Waals surface area contributed by atoms with Crippen LogP contribution < -0.4 is 10.2 Å². The van der Waals surface area contributed by atoms with Crippen molar-refractivity contribution in [1.82, 2.24) is 5.32 Å². The molecule has 5 heteroatoms. The van der Waals surface area contributed by atoms with Gasteiger partial charge in [0.15, 0.2) is 5.78 Å². The molecule has 4 nitrogen and oxygen atoms in total. The second-order valence-corrected chi connectivity index (χ2v) is 7.83. The molecule has 2 heterocycles. The number of halogens is 1. The molecule has 2 aliphatic heterocycles. The van der Waals surface area contributed by atoms with Crippen LogP contribution in [0.4, 0.5) is 5.69 Å². The Bertz CT molecular complexity index is 867. The summed E-state index contributed by atoms with van der Waals surface area (Å²) < 4.78 is 0. The van der Waals surface area contributed by atoms with Gasteiger partial charge in [0.2, 0.25) is 5.91 Å². The van der Waals surface area contributed by atoms with Crippen molar-refractivity contribution >= 4 is 29.8 Å². The first-order valence-corrected chi connectivity index (χ1v) is 10.5. The van der Waals surface area contributed by atoms with Crippen molar-refractivity contribution in [1.29, 1.82) is 0 Å². The fourth-order valence-electron chi connectivity index (χ4n) is 4.30. The zero-order valence-electron chi connectivity index (χ0n) is 16.8. The molecule has 2 aliphatic rings. The summed E-state index contributed by atoms with van der Waals surface area (Å²) in [5.41, 5.74) is 5.60. The molecule has 4 rings (SSSR count). The number of nitrogens with zero attached hydrogens (tertiary/aromatic N) is 1. The zero-order chi connectivity index (χ0) is 19.3. The van der Waals surface area contributed by atoms with Crippen LogP contribution in [-0.4, -0.2) is 24.8 Å². The van der Waals surface area contributed by atoms with Gasteiger partial charge in [-0.3, -0.25) is 9.59 Å². The van der Waals surface area contributed by atoms with Crippen LogP contribution >= 0.6 is 12.4 Å². The van der Waals surface area contributed by atoms with E-state index in [1.54, 1.807) is 0 Å². The van der Waals surface area contributed by atoms with Gasteiger partial charge >= 0.3 is 0 Å². The van der Waals surface area contributed by atoms with Gasteiger partial charge in [0.25, 0.3) is 0 Å². The predicted octanol–water partition coefficient (Wildman–Crippen LogP) is 4.48. The lowest BCUT2D eigenvalue weighted by Gasteiger charge is -2.25. The minimum absolute atomic E-state index is 0. The molecule has 1 N–H and O–H groups in total. The molecule has 2 aromatic rings. The number of hydrogen-bond acceptors (Lipinski definition) is 3. The highest BCUT2D eigenvalue weighted by Crippen LogP contribution is 2.37. The summed E-state index contributed by atoms with van der Waals surface area (Å²) in [6.07, 6.45) is 5.91. The summed E-state index contributed by atoms with van der Waals surface area (Å²) in [5, 5.41) is 3.46. The first-order valence-electron chi connectivity index (χ1n) is 10.5. The van der Waals surface area contributed by atoms with Gasteiger partial charge in [0.1, 0.15) is 0 Å². The number of unbranched alkanes of at least 4 members (excludes halogenated alkanes) is 2. The van der Waals surface area contributed by atoms with Crippen LogP contribution in [0.5, 0.6) is 0 Å². The van der Waals surface area contributed by atoms with E-state index in [1.807, 2.05) is 23.1 Å². The highest BCUT2D eigenvalue weighted by atomic mass is 35.5. The molecular weight excluding hydrogens is 384 g/mol. The van der Waals surface area contributed by atoms with Crippen molar-refractivity contribution in [3.63, 3.8) is 0 Å². The van der Waals surface area contributed by atoms with Gasteiger partial charge in [-0.25, -0.2) is 0 Å². The Hall–Kier alpha value is -2.17. The van der Waals surface area contributed by atoms with E-state index in [9.17, 15) is 9.59 Å². The van der Waals surface area contributed by atoms with Gasteiger partial charge in [-0.2, -0.15) is 0 Å². The van der Waals surface area contributed by atoms with Crippen LogP contribution in [0, 0.1) is 0 Å². The smallest absolute Gasteiger partial charge is 0.227 e. The Morgan fingerprint density at radius 2 is 1.72 bits per heavy atom. The lowest BCUT2D eigenvalue weighted by Crippen LogP contribution is -2.32. The Balaban J connectivity index is 0.00000240. The van der Waals surface area contributed by atoms with Gasteiger partial charge in [-0.1, -0.05) is 36.8 Å². The Labute approximate surface area is 179 Å². The van der Waals surface area contributed by atoms with Crippen LogP contribution in [0.1, 0.15) is 59.2 Å². The van der Waals surface area contributed by atoms with E-state index in [1.165, 1.54) is 16.7 Å². The number of ketones is 1. The highest BCUT2D eigenvalue weighted by Gasteiger charge is 2.31. The van der Waals surface area contributed by atoms with Gasteiger partial charge in [0.05, 0.1) is 5.69 Å². The van der Waals surface area contributed by atoms with E-state index in [0.717, 1.165) is 63.0 Å². The van der Waals surface area contributed by atoms with E-state index in [2.05, 4.69) is 29.6 Å². The number of benzene rings is 2. The average Bonchev–Trinajstić information content (AvgIpc) is 3.16. The molecule has 154 valence electrons. The van der Waals surface area contributed by atoms with Crippen LogP contribution in [0.25, 0.3) is 0 Å². The Morgan fingerprint density at radius 3 is 2.52 bits per heavy atom. The van der Waals surface area contributed by atoms with E-state index in [0.29, 0.717) is 12.8 Å². The zero-order valence-corrected chi connectivity index (χ0v) is 17.6. The lowest BCUT2D eigenvalue weighted by molar-refractivity contribution is -0.118. The summed E-state index contributed by atoms with van der Waals surface area (Å²) >= 11 is 0. The molecule has 2 aromatic carbocycles. The first kappa shape index (κ1) is 21.5. The molecule has 0 radical (unpaired) electrons. The third-order valence-electron chi connectivity index (χ3n) is 5.80. The summed E-state index contributed by atoms with van der Waals surface area (Å²) in [4.78, 5) is 26.6. The topological polar surface area (TPSA) is 49.4 Å². The van der Waals surface area contributed by atoms with E-state index in [4.69, 9.17) is 0 Å². The third kappa shape index (κ3) is 5.06. The maximum atomic E-state index is 12.7. The largest absolute Gasteiger partial charge is 0.313 e. The summed E-state index contributed by atoms with van der Waals surface area (Å²) in [6, 6.07) is 14.5. The number of rotatable bonds is 9. The average molecular weight is 413 g/mol. The number of hydrogen-bond donors (Lipinski definition) is 1. The van der Waals surface area contributed by atoms with Crippen LogP contribution in [0.3, 0.4) is 0 Å². The number of carbonyl (C=O) groups is 2. The molecule has 0 bridgehead atoms.